The number of piperidine rings is 1. The average Bonchev–Trinajstić information content (AvgIpc) is 2.17. The van der Waals surface area contributed by atoms with Crippen LogP contribution in [0.4, 0.5) is 0 Å². The van der Waals surface area contributed by atoms with E-state index in [-0.39, 0.29) is 18.1 Å². The van der Waals surface area contributed by atoms with E-state index in [1.807, 2.05) is 13.8 Å². The minimum absolute atomic E-state index is 0.0300. The Hall–Kier alpha value is -0.610. The van der Waals surface area contributed by atoms with E-state index >= 15 is 0 Å². The Kier molecular flexibility index (Phi) is 5.22. The highest BCUT2D eigenvalue weighted by molar-refractivity contribution is 5.73. The highest BCUT2D eigenvalue weighted by atomic mass is 16.6. The van der Waals surface area contributed by atoms with E-state index < -0.39 is 0 Å². The first-order chi connectivity index (χ1) is 7.56. The molecule has 1 heterocycles. The molecule has 16 heavy (non-hydrogen) atoms. The van der Waals surface area contributed by atoms with Crippen LogP contribution in [0.3, 0.4) is 0 Å². The zero-order valence-electron chi connectivity index (χ0n) is 10.7. The molecule has 1 aliphatic heterocycles. The van der Waals surface area contributed by atoms with Crippen LogP contribution in [0.25, 0.3) is 0 Å². The third-order valence-electron chi connectivity index (χ3n) is 3.22. The molecule has 0 amide bonds. The van der Waals surface area contributed by atoms with Crippen LogP contribution in [0.15, 0.2) is 0 Å². The summed E-state index contributed by atoms with van der Waals surface area (Å²) >= 11 is 0. The van der Waals surface area contributed by atoms with E-state index in [0.717, 1.165) is 19.6 Å². The van der Waals surface area contributed by atoms with Crippen molar-refractivity contribution in [2.24, 2.45) is 17.8 Å². The van der Waals surface area contributed by atoms with Crippen molar-refractivity contribution in [1.82, 2.24) is 10.6 Å². The van der Waals surface area contributed by atoms with E-state index in [1.165, 1.54) is 0 Å². The van der Waals surface area contributed by atoms with Crippen molar-refractivity contribution in [3.63, 3.8) is 0 Å². The number of esters is 1. The molecule has 94 valence electrons. The van der Waals surface area contributed by atoms with Crippen molar-refractivity contribution in [3.8, 4) is 0 Å². The molecule has 1 saturated heterocycles. The maximum absolute atomic E-state index is 12.0. The molecule has 0 aromatic carbocycles. The van der Waals surface area contributed by atoms with Gasteiger partial charge in [-0.2, -0.15) is 0 Å². The smallest absolute Gasteiger partial charge is 0.311 e. The summed E-state index contributed by atoms with van der Waals surface area (Å²) in [5.41, 5.74) is 0. The lowest BCUT2D eigenvalue weighted by molar-refractivity contribution is -0.159. The molecular weight excluding hydrogens is 204 g/mol. The summed E-state index contributed by atoms with van der Waals surface area (Å²) in [6.45, 7) is 10.7. The monoisotopic (exact) mass is 228 g/mol. The van der Waals surface area contributed by atoms with E-state index in [4.69, 9.17) is 4.74 Å². The van der Waals surface area contributed by atoms with Crippen LogP contribution >= 0.6 is 0 Å². The maximum atomic E-state index is 12.0. The predicted molar refractivity (Wildman–Crippen MR) is 63.9 cm³/mol. The van der Waals surface area contributed by atoms with Gasteiger partial charge in [0.2, 0.25) is 0 Å². The van der Waals surface area contributed by atoms with Crippen molar-refractivity contribution in [2.75, 3.05) is 19.6 Å². The summed E-state index contributed by atoms with van der Waals surface area (Å²) in [5, 5.41) is 6.41. The zero-order chi connectivity index (χ0) is 12.1. The van der Waals surface area contributed by atoms with Gasteiger partial charge in [-0.1, -0.05) is 20.8 Å². The number of carbonyl (C=O) groups excluding carboxylic acids is 1. The Morgan fingerprint density at radius 1 is 1.44 bits per heavy atom. The zero-order valence-corrected chi connectivity index (χ0v) is 10.7. The quantitative estimate of drug-likeness (QED) is 0.556. The second-order valence-electron chi connectivity index (χ2n) is 4.78. The Bertz CT molecular complexity index is 223. The number of ether oxygens (including phenoxy) is 1. The molecule has 0 aromatic heterocycles. The van der Waals surface area contributed by atoms with Gasteiger partial charge in [0.15, 0.2) is 6.23 Å². The molecule has 4 nitrogen and oxygen atoms in total. The first-order valence-electron chi connectivity index (χ1n) is 6.20. The van der Waals surface area contributed by atoms with Crippen LogP contribution in [0, 0.1) is 17.8 Å². The lowest BCUT2D eigenvalue weighted by atomic mass is 9.80. The highest BCUT2D eigenvalue weighted by Gasteiger charge is 2.35. The molecule has 2 N–H and O–H groups in total. The van der Waals surface area contributed by atoms with Crippen molar-refractivity contribution in [2.45, 2.75) is 33.9 Å². The van der Waals surface area contributed by atoms with Gasteiger partial charge in [-0.05, 0) is 38.4 Å². The van der Waals surface area contributed by atoms with Crippen LogP contribution in [0.5, 0.6) is 0 Å². The van der Waals surface area contributed by atoms with Gasteiger partial charge in [0.25, 0.3) is 0 Å². The normalized spacial score (nSPS) is 32.1. The molecular formula is C12H24N2O2. The van der Waals surface area contributed by atoms with Crippen LogP contribution in [-0.4, -0.2) is 31.8 Å². The third-order valence-corrected chi connectivity index (χ3v) is 3.22. The Labute approximate surface area is 98.1 Å². The molecule has 0 saturated carbocycles. The standard InChI is InChI=1S/C12H24N2O2/c1-5-14-10(4)16-12(15)11-8(2)6-13-7-9(11)3/h8-11,13-14H,5-7H2,1-4H3. The van der Waals surface area contributed by atoms with Crippen LogP contribution in [-0.2, 0) is 9.53 Å². The second kappa shape index (κ2) is 6.21. The van der Waals surface area contributed by atoms with E-state index in [9.17, 15) is 4.79 Å². The first-order valence-corrected chi connectivity index (χ1v) is 6.20. The largest absolute Gasteiger partial charge is 0.447 e. The SMILES string of the molecule is CCNC(C)OC(=O)C1C(C)CNCC1C. The Morgan fingerprint density at radius 2 is 2.00 bits per heavy atom. The average molecular weight is 228 g/mol. The fraction of sp³-hybridized carbons (Fsp3) is 0.917. The fourth-order valence-corrected chi connectivity index (χ4v) is 2.40. The molecule has 1 fully saturated rings. The van der Waals surface area contributed by atoms with Crippen LogP contribution in [0.2, 0.25) is 0 Å². The van der Waals surface area contributed by atoms with E-state index in [1.54, 1.807) is 0 Å². The highest BCUT2D eigenvalue weighted by Crippen LogP contribution is 2.25. The first kappa shape index (κ1) is 13.5. The summed E-state index contributed by atoms with van der Waals surface area (Å²) in [6, 6.07) is 0. The minimum Gasteiger partial charge on any atom is -0.447 e. The summed E-state index contributed by atoms with van der Waals surface area (Å²) in [6.07, 6.45) is -0.188. The number of hydrogen-bond donors (Lipinski definition) is 2. The molecule has 3 unspecified atom stereocenters. The molecule has 1 aliphatic rings. The molecule has 4 heteroatoms. The third kappa shape index (κ3) is 3.46. The minimum atomic E-state index is -0.188. The molecule has 0 spiro atoms. The molecule has 1 rings (SSSR count). The summed E-state index contributed by atoms with van der Waals surface area (Å²) < 4.78 is 5.39. The number of nitrogens with one attached hydrogen (secondary N) is 2. The van der Waals surface area contributed by atoms with Gasteiger partial charge in [-0.15, -0.1) is 0 Å². The molecule has 0 aromatic rings. The summed E-state index contributed by atoms with van der Waals surface area (Å²) in [7, 11) is 0. The molecule has 0 radical (unpaired) electrons. The molecule has 0 aliphatic carbocycles. The van der Waals surface area contributed by atoms with E-state index in [2.05, 4.69) is 24.5 Å². The van der Waals surface area contributed by atoms with Gasteiger partial charge in [0, 0.05) is 0 Å². The van der Waals surface area contributed by atoms with Gasteiger partial charge >= 0.3 is 5.97 Å². The topological polar surface area (TPSA) is 50.4 Å². The molecule has 3 atom stereocenters. The van der Waals surface area contributed by atoms with Crippen LogP contribution < -0.4 is 10.6 Å². The van der Waals surface area contributed by atoms with Crippen molar-refractivity contribution in [1.29, 1.82) is 0 Å². The predicted octanol–water partition coefficient (Wildman–Crippen LogP) is 0.977. The van der Waals surface area contributed by atoms with Crippen molar-refractivity contribution < 1.29 is 9.53 Å². The summed E-state index contributed by atoms with van der Waals surface area (Å²) in [4.78, 5) is 12.0. The molecule has 0 bridgehead atoms. The number of hydrogen-bond acceptors (Lipinski definition) is 4. The second-order valence-corrected chi connectivity index (χ2v) is 4.78. The Morgan fingerprint density at radius 3 is 2.50 bits per heavy atom. The van der Waals surface area contributed by atoms with Gasteiger partial charge in [0.05, 0.1) is 5.92 Å². The van der Waals surface area contributed by atoms with Gasteiger partial charge < -0.3 is 10.1 Å². The van der Waals surface area contributed by atoms with Gasteiger partial charge in [0.1, 0.15) is 0 Å². The lowest BCUT2D eigenvalue weighted by Crippen LogP contribution is -2.46. The van der Waals surface area contributed by atoms with Crippen molar-refractivity contribution in [3.05, 3.63) is 0 Å². The van der Waals surface area contributed by atoms with Crippen LogP contribution in [0.1, 0.15) is 27.7 Å². The van der Waals surface area contributed by atoms with E-state index in [0.29, 0.717) is 11.8 Å². The number of rotatable bonds is 4. The van der Waals surface area contributed by atoms with Crippen molar-refractivity contribution >= 4 is 5.97 Å². The fourth-order valence-electron chi connectivity index (χ4n) is 2.40. The van der Waals surface area contributed by atoms with Gasteiger partial charge in [-0.3, -0.25) is 10.1 Å². The number of carbonyl (C=O) groups is 1. The maximum Gasteiger partial charge on any atom is 0.311 e. The lowest BCUT2D eigenvalue weighted by Gasteiger charge is -2.34. The Balaban J connectivity index is 2.50. The van der Waals surface area contributed by atoms with Gasteiger partial charge in [-0.25, -0.2) is 0 Å². The summed E-state index contributed by atoms with van der Waals surface area (Å²) in [5.74, 6) is 0.674.